The molecule has 0 aromatic heterocycles. The van der Waals surface area contributed by atoms with Crippen LogP contribution in [0.25, 0.3) is 10.8 Å². The first kappa shape index (κ1) is 13.6. The monoisotopic (exact) mass is 276 g/mol. The summed E-state index contributed by atoms with van der Waals surface area (Å²) in [6.45, 7) is 0. The van der Waals surface area contributed by atoms with Crippen LogP contribution in [-0.2, 0) is 4.79 Å². The molecule has 0 bridgehead atoms. The van der Waals surface area contributed by atoms with Crippen molar-refractivity contribution in [1.82, 2.24) is 0 Å². The van der Waals surface area contributed by atoms with Gasteiger partial charge in [0.15, 0.2) is 5.78 Å². The van der Waals surface area contributed by atoms with Crippen LogP contribution < -0.4 is 0 Å². The van der Waals surface area contributed by atoms with Crippen molar-refractivity contribution in [2.24, 2.45) is 0 Å². The summed E-state index contributed by atoms with van der Waals surface area (Å²) >= 11 is 6.09. The number of Topliss-reactive ketones (excluding diaryl/α,β-unsaturated/α-hetero) is 1. The number of fused-ring (bicyclic) bond motifs is 1. The molecule has 2 rings (SSSR count). The molecule has 0 aliphatic rings. The molecule has 0 unspecified atom stereocenters. The maximum atomic E-state index is 12.1. The van der Waals surface area contributed by atoms with Crippen molar-refractivity contribution in [3.8, 4) is 0 Å². The third-order valence-corrected chi connectivity index (χ3v) is 3.30. The Hall–Kier alpha value is -1.87. The fraction of sp³-hybridized carbons (Fsp3) is 0.200. The van der Waals surface area contributed by atoms with E-state index in [1.165, 1.54) is 0 Å². The van der Waals surface area contributed by atoms with Crippen molar-refractivity contribution in [2.45, 2.75) is 19.3 Å². The first-order valence-corrected chi connectivity index (χ1v) is 6.39. The topological polar surface area (TPSA) is 54.4 Å². The number of rotatable bonds is 5. The Bertz CT molecular complexity index is 634. The van der Waals surface area contributed by atoms with E-state index < -0.39 is 5.97 Å². The molecule has 2 aromatic rings. The molecule has 0 aliphatic carbocycles. The number of benzene rings is 2. The third-order valence-electron chi connectivity index (χ3n) is 2.97. The standard InChI is InChI=1S/C15H13ClO3/c16-13-9-8-12(10-4-1-2-5-11(10)13)14(17)6-3-7-15(18)19/h1-2,4-5,8-9H,3,6-7H2,(H,18,19). The van der Waals surface area contributed by atoms with E-state index in [2.05, 4.69) is 0 Å². The number of carbonyl (C=O) groups is 2. The van der Waals surface area contributed by atoms with Gasteiger partial charge in [0, 0.05) is 28.8 Å². The molecular weight excluding hydrogens is 264 g/mol. The first-order valence-electron chi connectivity index (χ1n) is 6.02. The summed E-state index contributed by atoms with van der Waals surface area (Å²) in [7, 11) is 0. The smallest absolute Gasteiger partial charge is 0.303 e. The van der Waals surface area contributed by atoms with Gasteiger partial charge in [-0.05, 0) is 23.9 Å². The Morgan fingerprint density at radius 3 is 2.37 bits per heavy atom. The number of carboxylic acids is 1. The second-order valence-electron chi connectivity index (χ2n) is 4.31. The Balaban J connectivity index is 2.27. The minimum absolute atomic E-state index is 0.0112. The van der Waals surface area contributed by atoms with E-state index in [1.807, 2.05) is 24.3 Å². The van der Waals surface area contributed by atoms with Crippen LogP contribution in [-0.4, -0.2) is 16.9 Å². The summed E-state index contributed by atoms with van der Waals surface area (Å²) in [5.41, 5.74) is 0.602. The molecule has 19 heavy (non-hydrogen) atoms. The van der Waals surface area contributed by atoms with Gasteiger partial charge in [-0.15, -0.1) is 0 Å². The predicted molar refractivity (Wildman–Crippen MR) is 74.8 cm³/mol. The van der Waals surface area contributed by atoms with E-state index in [1.54, 1.807) is 12.1 Å². The molecule has 0 aliphatic heterocycles. The molecule has 0 fully saturated rings. The van der Waals surface area contributed by atoms with E-state index in [4.69, 9.17) is 16.7 Å². The highest BCUT2D eigenvalue weighted by atomic mass is 35.5. The Morgan fingerprint density at radius 1 is 1.00 bits per heavy atom. The van der Waals surface area contributed by atoms with Crippen LogP contribution >= 0.6 is 11.6 Å². The maximum Gasteiger partial charge on any atom is 0.303 e. The van der Waals surface area contributed by atoms with Crippen LogP contribution in [0.4, 0.5) is 0 Å². The summed E-state index contributed by atoms with van der Waals surface area (Å²) in [6.07, 6.45) is 0.598. The highest BCUT2D eigenvalue weighted by molar-refractivity contribution is 6.36. The quantitative estimate of drug-likeness (QED) is 0.842. The number of hydrogen-bond donors (Lipinski definition) is 1. The molecule has 2 aromatic carbocycles. The van der Waals surface area contributed by atoms with E-state index in [0.717, 1.165) is 10.8 Å². The zero-order chi connectivity index (χ0) is 13.8. The van der Waals surface area contributed by atoms with Crippen molar-refractivity contribution >= 4 is 34.1 Å². The van der Waals surface area contributed by atoms with Gasteiger partial charge in [-0.25, -0.2) is 0 Å². The summed E-state index contributed by atoms with van der Waals surface area (Å²) in [5, 5.41) is 10.8. The van der Waals surface area contributed by atoms with E-state index in [0.29, 0.717) is 17.0 Å². The van der Waals surface area contributed by atoms with Crippen LogP contribution in [0.15, 0.2) is 36.4 Å². The minimum atomic E-state index is -0.881. The van der Waals surface area contributed by atoms with Gasteiger partial charge in [-0.2, -0.15) is 0 Å². The van der Waals surface area contributed by atoms with Crippen LogP contribution in [0.5, 0.6) is 0 Å². The van der Waals surface area contributed by atoms with E-state index in [-0.39, 0.29) is 18.6 Å². The van der Waals surface area contributed by atoms with E-state index in [9.17, 15) is 9.59 Å². The van der Waals surface area contributed by atoms with Crippen LogP contribution in [0, 0.1) is 0 Å². The molecule has 4 heteroatoms. The second-order valence-corrected chi connectivity index (χ2v) is 4.72. The fourth-order valence-corrected chi connectivity index (χ4v) is 2.27. The van der Waals surface area contributed by atoms with Gasteiger partial charge in [-0.1, -0.05) is 35.9 Å². The fourth-order valence-electron chi connectivity index (χ4n) is 2.04. The van der Waals surface area contributed by atoms with Crippen molar-refractivity contribution in [3.05, 3.63) is 47.0 Å². The van der Waals surface area contributed by atoms with Crippen LogP contribution in [0.2, 0.25) is 5.02 Å². The highest BCUT2D eigenvalue weighted by Crippen LogP contribution is 2.27. The van der Waals surface area contributed by atoms with Gasteiger partial charge in [-0.3, -0.25) is 9.59 Å². The second kappa shape index (κ2) is 5.85. The number of aliphatic carboxylic acids is 1. The third kappa shape index (κ3) is 3.12. The Kier molecular flexibility index (Phi) is 4.17. The zero-order valence-corrected chi connectivity index (χ0v) is 11.0. The number of ketones is 1. The lowest BCUT2D eigenvalue weighted by Crippen LogP contribution is -2.02. The van der Waals surface area contributed by atoms with Gasteiger partial charge < -0.3 is 5.11 Å². The molecule has 0 radical (unpaired) electrons. The summed E-state index contributed by atoms with van der Waals surface area (Å²) < 4.78 is 0. The number of carbonyl (C=O) groups excluding carboxylic acids is 1. The number of hydrogen-bond acceptors (Lipinski definition) is 2. The molecule has 0 amide bonds. The van der Waals surface area contributed by atoms with Crippen LogP contribution in [0.3, 0.4) is 0 Å². The lowest BCUT2D eigenvalue weighted by Gasteiger charge is -2.07. The predicted octanol–water partition coefficient (Wildman–Crippen LogP) is 3.93. The van der Waals surface area contributed by atoms with Crippen molar-refractivity contribution in [3.63, 3.8) is 0 Å². The lowest BCUT2D eigenvalue weighted by atomic mass is 9.98. The van der Waals surface area contributed by atoms with Crippen molar-refractivity contribution in [2.75, 3.05) is 0 Å². The SMILES string of the molecule is O=C(O)CCCC(=O)c1ccc(Cl)c2ccccc12. The number of halogens is 1. The van der Waals surface area contributed by atoms with Gasteiger partial charge in [0.25, 0.3) is 0 Å². The highest BCUT2D eigenvalue weighted by Gasteiger charge is 2.12. The summed E-state index contributed by atoms with van der Waals surface area (Å²) in [6, 6.07) is 10.8. The Morgan fingerprint density at radius 2 is 1.68 bits per heavy atom. The van der Waals surface area contributed by atoms with Crippen molar-refractivity contribution in [1.29, 1.82) is 0 Å². The van der Waals surface area contributed by atoms with Gasteiger partial charge in [0.1, 0.15) is 0 Å². The molecule has 1 N–H and O–H groups in total. The van der Waals surface area contributed by atoms with Gasteiger partial charge in [0.2, 0.25) is 0 Å². The first-order chi connectivity index (χ1) is 9.09. The average Bonchev–Trinajstić information content (AvgIpc) is 2.39. The largest absolute Gasteiger partial charge is 0.481 e. The molecule has 0 heterocycles. The zero-order valence-electron chi connectivity index (χ0n) is 10.2. The van der Waals surface area contributed by atoms with Gasteiger partial charge >= 0.3 is 5.97 Å². The molecule has 0 saturated heterocycles. The van der Waals surface area contributed by atoms with E-state index >= 15 is 0 Å². The summed E-state index contributed by atoms with van der Waals surface area (Å²) in [5.74, 6) is -0.928. The van der Waals surface area contributed by atoms with Crippen molar-refractivity contribution < 1.29 is 14.7 Å². The Labute approximate surface area is 115 Å². The minimum Gasteiger partial charge on any atom is -0.481 e. The lowest BCUT2D eigenvalue weighted by molar-refractivity contribution is -0.137. The molecule has 3 nitrogen and oxygen atoms in total. The molecule has 98 valence electrons. The number of carboxylic acid groups (broad SMARTS) is 1. The maximum absolute atomic E-state index is 12.1. The summed E-state index contributed by atoms with van der Waals surface area (Å²) in [4.78, 5) is 22.6. The molecular formula is C15H13ClO3. The van der Waals surface area contributed by atoms with Gasteiger partial charge in [0.05, 0.1) is 0 Å². The molecule has 0 saturated carbocycles. The average molecular weight is 277 g/mol. The molecule has 0 atom stereocenters. The molecule has 0 spiro atoms. The normalized spacial score (nSPS) is 10.6. The van der Waals surface area contributed by atoms with Crippen LogP contribution in [0.1, 0.15) is 29.6 Å².